The molecule has 3 aromatic rings. The quantitative estimate of drug-likeness (QED) is 0.434. The summed E-state index contributed by atoms with van der Waals surface area (Å²) in [6.07, 6.45) is 0. The molecule has 4 rings (SSSR count). The molecule has 1 aliphatic carbocycles. The molecule has 0 fully saturated rings. The zero-order valence-electron chi connectivity index (χ0n) is 16.0. The van der Waals surface area contributed by atoms with Gasteiger partial charge in [0.05, 0.1) is 0 Å². The van der Waals surface area contributed by atoms with E-state index in [4.69, 9.17) is 0 Å². The molecule has 0 radical (unpaired) electrons. The molecule has 0 atom stereocenters. The van der Waals surface area contributed by atoms with Crippen LogP contribution in [0.2, 0.25) is 0 Å². The Hall–Kier alpha value is -1.86. The van der Waals surface area contributed by atoms with E-state index in [-0.39, 0.29) is 10.8 Å². The Kier molecular flexibility index (Phi) is 3.53. The lowest BCUT2D eigenvalue weighted by atomic mass is 9.57. The Labute approximate surface area is 155 Å². The van der Waals surface area contributed by atoms with Crippen molar-refractivity contribution in [2.75, 3.05) is 0 Å². The normalized spacial score (nSPS) is 17.0. The first-order chi connectivity index (χ1) is 11.7. The van der Waals surface area contributed by atoms with Gasteiger partial charge < -0.3 is 0 Å². The second-order valence-corrected chi connectivity index (χ2v) is 9.57. The number of hydrogen-bond donors (Lipinski definition) is 0. The van der Waals surface area contributed by atoms with Crippen LogP contribution in [-0.4, -0.2) is 0 Å². The van der Waals surface area contributed by atoms with E-state index >= 15 is 0 Å². The van der Waals surface area contributed by atoms with Gasteiger partial charge in [-0.25, -0.2) is 0 Å². The first-order valence-corrected chi connectivity index (χ1v) is 9.86. The van der Waals surface area contributed by atoms with Crippen LogP contribution in [0.1, 0.15) is 49.9 Å². The molecule has 0 N–H and O–H groups in total. The molecular weight excluding hydrogens is 320 g/mol. The summed E-state index contributed by atoms with van der Waals surface area (Å²) >= 11 is 1.95. The van der Waals surface area contributed by atoms with Crippen LogP contribution in [0, 0.1) is 13.8 Å². The van der Waals surface area contributed by atoms with E-state index in [1.54, 1.807) is 0 Å². The summed E-state index contributed by atoms with van der Waals surface area (Å²) in [5, 5.41) is 0. The summed E-state index contributed by atoms with van der Waals surface area (Å²) in [5.41, 5.74) is 8.60. The van der Waals surface area contributed by atoms with Crippen molar-refractivity contribution in [3.8, 4) is 20.9 Å². The van der Waals surface area contributed by atoms with Crippen molar-refractivity contribution in [3.63, 3.8) is 0 Å². The van der Waals surface area contributed by atoms with Crippen molar-refractivity contribution < 1.29 is 0 Å². The standard InChI is InChI=1S/C24H26S/c1-15-7-10-17(11-8-15)21-14-20-22(25-21)18-12-9-16(2)13-19(18)23(3,4)24(20,5)6/h7-14H,1-6H3. The van der Waals surface area contributed by atoms with Crippen molar-refractivity contribution >= 4 is 11.3 Å². The molecule has 0 aliphatic heterocycles. The Bertz CT molecular complexity index is 952. The Balaban J connectivity index is 1.98. The molecule has 0 spiro atoms. The van der Waals surface area contributed by atoms with E-state index in [1.165, 1.54) is 43.1 Å². The lowest BCUT2D eigenvalue weighted by Crippen LogP contribution is -2.43. The highest BCUT2D eigenvalue weighted by molar-refractivity contribution is 7.19. The second-order valence-electron chi connectivity index (χ2n) is 8.52. The van der Waals surface area contributed by atoms with E-state index < -0.39 is 0 Å². The Morgan fingerprint density at radius 2 is 1.28 bits per heavy atom. The predicted octanol–water partition coefficient (Wildman–Crippen LogP) is 7.27. The summed E-state index contributed by atoms with van der Waals surface area (Å²) in [4.78, 5) is 2.83. The van der Waals surface area contributed by atoms with Crippen LogP contribution in [0.25, 0.3) is 20.9 Å². The first-order valence-electron chi connectivity index (χ1n) is 9.04. The average Bonchev–Trinajstić information content (AvgIpc) is 3.00. The maximum atomic E-state index is 2.44. The van der Waals surface area contributed by atoms with Gasteiger partial charge in [-0.15, -0.1) is 11.3 Å². The van der Waals surface area contributed by atoms with Gasteiger partial charge in [0.1, 0.15) is 0 Å². The monoisotopic (exact) mass is 346 g/mol. The summed E-state index contributed by atoms with van der Waals surface area (Å²) in [6.45, 7) is 14.0. The number of thiophene rings is 1. The third-order valence-electron chi connectivity index (χ3n) is 6.40. The molecule has 25 heavy (non-hydrogen) atoms. The zero-order chi connectivity index (χ0) is 18.0. The van der Waals surface area contributed by atoms with Crippen LogP contribution in [0.5, 0.6) is 0 Å². The highest BCUT2D eigenvalue weighted by atomic mass is 32.1. The molecule has 1 heterocycles. The molecule has 2 aromatic carbocycles. The summed E-state index contributed by atoms with van der Waals surface area (Å²) in [5.74, 6) is 0. The lowest BCUT2D eigenvalue weighted by molar-refractivity contribution is 0.300. The first kappa shape index (κ1) is 16.6. The molecule has 1 aliphatic rings. The minimum atomic E-state index is 0.0998. The number of benzene rings is 2. The van der Waals surface area contributed by atoms with E-state index in [9.17, 15) is 0 Å². The minimum absolute atomic E-state index is 0.0998. The minimum Gasteiger partial charge on any atom is -0.135 e. The van der Waals surface area contributed by atoms with E-state index in [2.05, 4.69) is 90.1 Å². The highest BCUT2D eigenvalue weighted by Gasteiger charge is 2.46. The van der Waals surface area contributed by atoms with Crippen LogP contribution < -0.4 is 0 Å². The predicted molar refractivity (Wildman–Crippen MR) is 111 cm³/mol. The van der Waals surface area contributed by atoms with Gasteiger partial charge in [-0.3, -0.25) is 0 Å². The molecule has 1 aromatic heterocycles. The van der Waals surface area contributed by atoms with Gasteiger partial charge in [0.15, 0.2) is 0 Å². The topological polar surface area (TPSA) is 0 Å². The average molecular weight is 347 g/mol. The van der Waals surface area contributed by atoms with Crippen molar-refractivity contribution in [2.45, 2.75) is 52.4 Å². The van der Waals surface area contributed by atoms with Crippen LogP contribution >= 0.6 is 11.3 Å². The molecule has 0 nitrogen and oxygen atoms in total. The third-order valence-corrected chi connectivity index (χ3v) is 7.61. The molecule has 0 unspecified atom stereocenters. The zero-order valence-corrected chi connectivity index (χ0v) is 16.8. The highest BCUT2D eigenvalue weighted by Crippen LogP contribution is 2.57. The van der Waals surface area contributed by atoms with Crippen molar-refractivity contribution in [1.82, 2.24) is 0 Å². The van der Waals surface area contributed by atoms with Crippen molar-refractivity contribution in [1.29, 1.82) is 0 Å². The molecule has 1 heteroatoms. The molecule has 0 amide bonds. The van der Waals surface area contributed by atoms with Gasteiger partial charge in [0.2, 0.25) is 0 Å². The van der Waals surface area contributed by atoms with Crippen LogP contribution in [0.15, 0.2) is 48.5 Å². The number of hydrogen-bond acceptors (Lipinski definition) is 1. The SMILES string of the molecule is Cc1ccc(-c2cc3c(s2)-c2ccc(C)cc2C(C)(C)C3(C)C)cc1. The lowest BCUT2D eigenvalue weighted by Gasteiger charge is -2.47. The smallest absolute Gasteiger partial charge is 0.0390 e. The maximum absolute atomic E-state index is 2.44. The van der Waals surface area contributed by atoms with Crippen LogP contribution in [0.4, 0.5) is 0 Å². The molecular formula is C24H26S. The van der Waals surface area contributed by atoms with Gasteiger partial charge in [0, 0.05) is 15.2 Å². The third kappa shape index (κ3) is 2.33. The molecule has 0 bridgehead atoms. The maximum Gasteiger partial charge on any atom is 0.0390 e. The molecule has 0 saturated heterocycles. The Morgan fingerprint density at radius 1 is 0.680 bits per heavy atom. The fraction of sp³-hybridized carbons (Fsp3) is 0.333. The van der Waals surface area contributed by atoms with Crippen molar-refractivity contribution in [3.05, 3.63) is 70.8 Å². The second kappa shape index (κ2) is 5.32. The van der Waals surface area contributed by atoms with E-state index in [1.807, 2.05) is 11.3 Å². The summed E-state index contributed by atoms with van der Waals surface area (Å²) in [7, 11) is 0. The number of fused-ring (bicyclic) bond motifs is 3. The largest absolute Gasteiger partial charge is 0.135 e. The molecule has 0 saturated carbocycles. The van der Waals surface area contributed by atoms with E-state index in [0.717, 1.165) is 0 Å². The van der Waals surface area contributed by atoms with Gasteiger partial charge in [-0.05, 0) is 47.6 Å². The van der Waals surface area contributed by atoms with Gasteiger partial charge in [-0.2, -0.15) is 0 Å². The molecule has 128 valence electrons. The van der Waals surface area contributed by atoms with Gasteiger partial charge >= 0.3 is 0 Å². The number of rotatable bonds is 1. The van der Waals surface area contributed by atoms with Crippen LogP contribution in [0.3, 0.4) is 0 Å². The number of aryl methyl sites for hydroxylation is 2. The van der Waals surface area contributed by atoms with Crippen molar-refractivity contribution in [2.24, 2.45) is 0 Å². The Morgan fingerprint density at radius 3 is 1.96 bits per heavy atom. The fourth-order valence-electron chi connectivity index (χ4n) is 3.96. The van der Waals surface area contributed by atoms with Gasteiger partial charge in [0.25, 0.3) is 0 Å². The van der Waals surface area contributed by atoms with Crippen LogP contribution in [-0.2, 0) is 10.8 Å². The summed E-state index contributed by atoms with van der Waals surface area (Å²) in [6, 6.07) is 18.3. The van der Waals surface area contributed by atoms with E-state index in [0.29, 0.717) is 0 Å². The van der Waals surface area contributed by atoms with Gasteiger partial charge in [-0.1, -0.05) is 81.3 Å². The summed E-state index contributed by atoms with van der Waals surface area (Å²) < 4.78 is 0. The fourth-order valence-corrected chi connectivity index (χ4v) is 5.32.